The SMILES string of the molecule is CO[C@@H]1CC[C@H](OC(C)=O)[C@@H](COC(C)=O)O1. The Bertz CT molecular complexity index is 277. The van der Waals surface area contributed by atoms with Crippen LogP contribution in [0.1, 0.15) is 26.7 Å². The molecule has 1 aliphatic rings. The van der Waals surface area contributed by atoms with Crippen LogP contribution in [-0.4, -0.2) is 44.2 Å². The number of hydrogen-bond acceptors (Lipinski definition) is 6. The number of esters is 2. The maximum absolute atomic E-state index is 10.9. The molecule has 0 radical (unpaired) electrons. The van der Waals surface area contributed by atoms with E-state index in [1.807, 2.05) is 0 Å². The van der Waals surface area contributed by atoms with E-state index in [-0.39, 0.29) is 18.9 Å². The Kier molecular flexibility index (Phi) is 5.37. The zero-order chi connectivity index (χ0) is 12.8. The number of rotatable bonds is 4. The summed E-state index contributed by atoms with van der Waals surface area (Å²) < 4.78 is 20.6. The van der Waals surface area contributed by atoms with Crippen molar-refractivity contribution >= 4 is 11.9 Å². The van der Waals surface area contributed by atoms with Crippen molar-refractivity contribution in [2.45, 2.75) is 45.2 Å². The van der Waals surface area contributed by atoms with Crippen molar-refractivity contribution in [3.8, 4) is 0 Å². The summed E-state index contributed by atoms with van der Waals surface area (Å²) in [5.41, 5.74) is 0. The zero-order valence-electron chi connectivity index (χ0n) is 10.3. The third-order valence-electron chi connectivity index (χ3n) is 2.46. The highest BCUT2D eigenvalue weighted by Gasteiger charge is 2.34. The molecule has 0 aliphatic carbocycles. The Balaban J connectivity index is 2.54. The monoisotopic (exact) mass is 246 g/mol. The normalized spacial score (nSPS) is 28.5. The average Bonchev–Trinajstić information content (AvgIpc) is 2.27. The van der Waals surface area contributed by atoms with Gasteiger partial charge < -0.3 is 18.9 Å². The Morgan fingerprint density at radius 2 is 1.94 bits per heavy atom. The van der Waals surface area contributed by atoms with Gasteiger partial charge in [0.2, 0.25) is 0 Å². The van der Waals surface area contributed by atoms with Gasteiger partial charge in [-0.25, -0.2) is 0 Å². The molecule has 17 heavy (non-hydrogen) atoms. The van der Waals surface area contributed by atoms with Crippen molar-refractivity contribution in [1.29, 1.82) is 0 Å². The van der Waals surface area contributed by atoms with Crippen LogP contribution in [0.4, 0.5) is 0 Å². The number of ether oxygens (including phenoxy) is 4. The summed E-state index contributed by atoms with van der Waals surface area (Å²) in [7, 11) is 1.54. The smallest absolute Gasteiger partial charge is 0.302 e. The van der Waals surface area contributed by atoms with E-state index in [0.29, 0.717) is 12.8 Å². The molecule has 6 nitrogen and oxygen atoms in total. The van der Waals surface area contributed by atoms with Crippen LogP contribution in [-0.2, 0) is 28.5 Å². The van der Waals surface area contributed by atoms with E-state index in [1.54, 1.807) is 7.11 Å². The van der Waals surface area contributed by atoms with E-state index < -0.39 is 18.2 Å². The van der Waals surface area contributed by atoms with Crippen LogP contribution in [0.5, 0.6) is 0 Å². The molecular weight excluding hydrogens is 228 g/mol. The van der Waals surface area contributed by atoms with Crippen LogP contribution in [0.25, 0.3) is 0 Å². The second-order valence-corrected chi connectivity index (χ2v) is 3.87. The lowest BCUT2D eigenvalue weighted by atomic mass is 10.1. The summed E-state index contributed by atoms with van der Waals surface area (Å²) in [6, 6.07) is 0. The Morgan fingerprint density at radius 1 is 1.24 bits per heavy atom. The third-order valence-corrected chi connectivity index (χ3v) is 2.46. The van der Waals surface area contributed by atoms with Crippen LogP contribution in [0.3, 0.4) is 0 Å². The van der Waals surface area contributed by atoms with Gasteiger partial charge in [0.15, 0.2) is 6.29 Å². The second kappa shape index (κ2) is 6.56. The summed E-state index contributed by atoms with van der Waals surface area (Å²) in [5.74, 6) is -0.767. The number of carbonyl (C=O) groups is 2. The van der Waals surface area contributed by atoms with Gasteiger partial charge in [-0.1, -0.05) is 0 Å². The molecule has 1 heterocycles. The summed E-state index contributed by atoms with van der Waals surface area (Å²) in [4.78, 5) is 21.7. The first-order chi connectivity index (χ1) is 8.02. The highest BCUT2D eigenvalue weighted by molar-refractivity contribution is 5.66. The van der Waals surface area contributed by atoms with Gasteiger partial charge in [-0.2, -0.15) is 0 Å². The highest BCUT2D eigenvalue weighted by Crippen LogP contribution is 2.23. The molecule has 1 rings (SSSR count). The predicted molar refractivity (Wildman–Crippen MR) is 57.1 cm³/mol. The van der Waals surface area contributed by atoms with E-state index in [1.165, 1.54) is 13.8 Å². The Morgan fingerprint density at radius 3 is 2.47 bits per heavy atom. The van der Waals surface area contributed by atoms with Gasteiger partial charge in [0, 0.05) is 27.4 Å². The molecule has 0 bridgehead atoms. The first-order valence-electron chi connectivity index (χ1n) is 5.51. The molecular formula is C11H18O6. The molecule has 1 fully saturated rings. The van der Waals surface area contributed by atoms with Crippen molar-refractivity contribution < 1.29 is 28.5 Å². The van der Waals surface area contributed by atoms with Gasteiger partial charge in [-0.05, 0) is 6.42 Å². The fourth-order valence-electron chi connectivity index (χ4n) is 1.70. The first kappa shape index (κ1) is 13.9. The van der Waals surface area contributed by atoms with Crippen molar-refractivity contribution in [2.75, 3.05) is 13.7 Å². The fraction of sp³-hybridized carbons (Fsp3) is 0.818. The maximum atomic E-state index is 10.9. The van der Waals surface area contributed by atoms with Gasteiger partial charge in [-0.15, -0.1) is 0 Å². The minimum absolute atomic E-state index is 0.0626. The molecule has 0 aromatic carbocycles. The fourth-order valence-corrected chi connectivity index (χ4v) is 1.70. The molecule has 0 N–H and O–H groups in total. The summed E-state index contributed by atoms with van der Waals surface area (Å²) in [6.07, 6.45) is 0.0665. The lowest BCUT2D eigenvalue weighted by Gasteiger charge is -2.34. The molecule has 6 heteroatoms. The van der Waals surface area contributed by atoms with Crippen molar-refractivity contribution in [3.63, 3.8) is 0 Å². The molecule has 3 atom stereocenters. The minimum atomic E-state index is -0.471. The van der Waals surface area contributed by atoms with E-state index in [4.69, 9.17) is 18.9 Å². The standard InChI is InChI=1S/C11H18O6/c1-7(12)15-6-10-9(16-8(2)13)4-5-11(14-3)17-10/h9-11H,4-6H2,1-3H3/t9-,10+,11-/m0/s1. The van der Waals surface area contributed by atoms with E-state index in [2.05, 4.69) is 0 Å². The topological polar surface area (TPSA) is 71.1 Å². The largest absolute Gasteiger partial charge is 0.463 e. The molecule has 0 spiro atoms. The average molecular weight is 246 g/mol. The van der Waals surface area contributed by atoms with Crippen LogP contribution in [0.15, 0.2) is 0 Å². The summed E-state index contributed by atoms with van der Waals surface area (Å²) in [6.45, 7) is 2.72. The van der Waals surface area contributed by atoms with Crippen LogP contribution < -0.4 is 0 Å². The van der Waals surface area contributed by atoms with Crippen molar-refractivity contribution in [1.82, 2.24) is 0 Å². The van der Waals surface area contributed by atoms with E-state index in [0.717, 1.165) is 0 Å². The van der Waals surface area contributed by atoms with Crippen molar-refractivity contribution in [3.05, 3.63) is 0 Å². The maximum Gasteiger partial charge on any atom is 0.302 e. The van der Waals surface area contributed by atoms with Gasteiger partial charge in [0.05, 0.1) is 0 Å². The van der Waals surface area contributed by atoms with Gasteiger partial charge >= 0.3 is 11.9 Å². The minimum Gasteiger partial charge on any atom is -0.463 e. The Hall–Kier alpha value is -1.14. The first-order valence-corrected chi connectivity index (χ1v) is 5.51. The highest BCUT2D eigenvalue weighted by atomic mass is 16.7. The third kappa shape index (κ3) is 4.70. The zero-order valence-corrected chi connectivity index (χ0v) is 10.3. The summed E-state index contributed by atoms with van der Waals surface area (Å²) in [5, 5.41) is 0. The molecule has 0 aromatic rings. The van der Waals surface area contributed by atoms with Crippen LogP contribution in [0, 0.1) is 0 Å². The number of hydrogen-bond donors (Lipinski definition) is 0. The van der Waals surface area contributed by atoms with Crippen LogP contribution in [0.2, 0.25) is 0 Å². The quantitative estimate of drug-likeness (QED) is 0.678. The molecule has 0 saturated carbocycles. The van der Waals surface area contributed by atoms with E-state index in [9.17, 15) is 9.59 Å². The van der Waals surface area contributed by atoms with Gasteiger partial charge in [0.25, 0.3) is 0 Å². The number of methoxy groups -OCH3 is 1. The summed E-state index contributed by atoms with van der Waals surface area (Å²) >= 11 is 0. The molecule has 0 unspecified atom stereocenters. The van der Waals surface area contributed by atoms with E-state index >= 15 is 0 Å². The van der Waals surface area contributed by atoms with Gasteiger partial charge in [-0.3, -0.25) is 9.59 Å². The number of carbonyl (C=O) groups excluding carboxylic acids is 2. The molecule has 98 valence electrons. The predicted octanol–water partition coefficient (Wildman–Crippen LogP) is 0.633. The molecule has 0 amide bonds. The Labute approximate surface area is 100 Å². The van der Waals surface area contributed by atoms with Crippen molar-refractivity contribution in [2.24, 2.45) is 0 Å². The lowest BCUT2D eigenvalue weighted by Crippen LogP contribution is -2.44. The molecule has 1 aliphatic heterocycles. The second-order valence-electron chi connectivity index (χ2n) is 3.87. The van der Waals surface area contributed by atoms with Gasteiger partial charge in [0.1, 0.15) is 18.8 Å². The lowest BCUT2D eigenvalue weighted by molar-refractivity contribution is -0.229. The molecule has 1 saturated heterocycles. The van der Waals surface area contributed by atoms with Crippen LogP contribution >= 0.6 is 0 Å². The molecule has 0 aromatic heterocycles.